The Morgan fingerprint density at radius 3 is 2.31 bits per heavy atom. The SMILES string of the molecule is O=C(O)Cc1ccc(CC2(CNS(=O)(=O)c3ccc(Cl)cc3F)CCCC2)cc1. The fourth-order valence-corrected chi connectivity index (χ4v) is 5.32. The Morgan fingerprint density at radius 1 is 1.10 bits per heavy atom. The Balaban J connectivity index is 1.73. The molecule has 156 valence electrons. The van der Waals surface area contributed by atoms with Crippen molar-refractivity contribution in [2.45, 2.75) is 43.4 Å². The van der Waals surface area contributed by atoms with Gasteiger partial charge in [0.25, 0.3) is 0 Å². The van der Waals surface area contributed by atoms with E-state index in [4.69, 9.17) is 16.7 Å². The van der Waals surface area contributed by atoms with E-state index >= 15 is 0 Å². The molecule has 0 spiro atoms. The molecule has 8 heteroatoms. The molecule has 5 nitrogen and oxygen atoms in total. The maximum absolute atomic E-state index is 14.1. The zero-order valence-electron chi connectivity index (χ0n) is 15.8. The second kappa shape index (κ2) is 8.81. The number of hydrogen-bond donors (Lipinski definition) is 2. The van der Waals surface area contributed by atoms with Crippen molar-refractivity contribution in [3.8, 4) is 0 Å². The van der Waals surface area contributed by atoms with Gasteiger partial charge in [0.2, 0.25) is 10.0 Å². The van der Waals surface area contributed by atoms with E-state index in [1.54, 1.807) is 12.1 Å². The lowest BCUT2D eigenvalue weighted by atomic mass is 9.80. The van der Waals surface area contributed by atoms with Crippen LogP contribution < -0.4 is 4.72 Å². The normalized spacial score (nSPS) is 16.1. The highest BCUT2D eigenvalue weighted by Crippen LogP contribution is 2.41. The molecule has 1 aliphatic carbocycles. The molecule has 2 N–H and O–H groups in total. The first-order valence-corrected chi connectivity index (χ1v) is 11.3. The van der Waals surface area contributed by atoms with Gasteiger partial charge < -0.3 is 5.11 Å². The van der Waals surface area contributed by atoms with Crippen LogP contribution in [0.5, 0.6) is 0 Å². The van der Waals surface area contributed by atoms with Gasteiger partial charge in [-0.05, 0) is 54.0 Å². The van der Waals surface area contributed by atoms with E-state index in [9.17, 15) is 17.6 Å². The van der Waals surface area contributed by atoms with Crippen LogP contribution in [0, 0.1) is 11.2 Å². The summed E-state index contributed by atoms with van der Waals surface area (Å²) in [4.78, 5) is 10.4. The van der Waals surface area contributed by atoms with Crippen molar-refractivity contribution in [1.82, 2.24) is 4.72 Å². The lowest BCUT2D eigenvalue weighted by molar-refractivity contribution is -0.136. The van der Waals surface area contributed by atoms with E-state index in [2.05, 4.69) is 4.72 Å². The zero-order chi connectivity index (χ0) is 21.1. The second-order valence-corrected chi connectivity index (χ2v) is 9.84. The topological polar surface area (TPSA) is 83.5 Å². The lowest BCUT2D eigenvalue weighted by Gasteiger charge is -2.29. The summed E-state index contributed by atoms with van der Waals surface area (Å²) in [6.07, 6.45) is 4.40. The maximum atomic E-state index is 14.1. The molecule has 0 amide bonds. The Labute approximate surface area is 175 Å². The third-order valence-electron chi connectivity index (χ3n) is 5.44. The maximum Gasteiger partial charge on any atom is 0.307 e. The summed E-state index contributed by atoms with van der Waals surface area (Å²) in [6, 6.07) is 10.9. The van der Waals surface area contributed by atoms with Crippen molar-refractivity contribution in [1.29, 1.82) is 0 Å². The number of carboxylic acids is 1. The molecule has 3 rings (SSSR count). The van der Waals surface area contributed by atoms with Crippen LogP contribution in [0.3, 0.4) is 0 Å². The van der Waals surface area contributed by atoms with E-state index < -0.39 is 26.7 Å². The minimum atomic E-state index is -3.99. The number of halogens is 2. The number of rotatable bonds is 8. The van der Waals surface area contributed by atoms with E-state index in [-0.39, 0.29) is 23.4 Å². The first-order chi connectivity index (χ1) is 13.7. The molecule has 29 heavy (non-hydrogen) atoms. The Hall–Kier alpha value is -1.96. The average Bonchev–Trinajstić information content (AvgIpc) is 3.10. The fourth-order valence-electron chi connectivity index (χ4n) is 3.94. The Morgan fingerprint density at radius 2 is 1.72 bits per heavy atom. The molecule has 0 heterocycles. The highest BCUT2D eigenvalue weighted by atomic mass is 35.5. The summed E-state index contributed by atoms with van der Waals surface area (Å²) < 4.78 is 41.9. The molecular weight excluding hydrogens is 417 g/mol. The van der Waals surface area contributed by atoms with Gasteiger partial charge >= 0.3 is 5.97 Å². The minimum absolute atomic E-state index is 0.0299. The van der Waals surface area contributed by atoms with Crippen LogP contribution in [0.15, 0.2) is 47.4 Å². The van der Waals surface area contributed by atoms with E-state index in [0.717, 1.165) is 42.9 Å². The fraction of sp³-hybridized carbons (Fsp3) is 0.381. The quantitative estimate of drug-likeness (QED) is 0.646. The van der Waals surface area contributed by atoms with Crippen LogP contribution in [0.25, 0.3) is 0 Å². The van der Waals surface area contributed by atoms with E-state index in [1.165, 1.54) is 12.1 Å². The lowest BCUT2D eigenvalue weighted by Crippen LogP contribution is -2.37. The second-order valence-electron chi connectivity index (χ2n) is 7.67. The van der Waals surface area contributed by atoms with Crippen molar-refractivity contribution in [3.63, 3.8) is 0 Å². The number of hydrogen-bond acceptors (Lipinski definition) is 3. The van der Waals surface area contributed by atoms with E-state index in [1.807, 2.05) is 12.1 Å². The predicted octanol–water partition coefficient (Wildman–Crippen LogP) is 4.19. The first-order valence-electron chi connectivity index (χ1n) is 9.44. The molecule has 1 fully saturated rings. The highest BCUT2D eigenvalue weighted by molar-refractivity contribution is 7.89. The van der Waals surface area contributed by atoms with Gasteiger partial charge in [-0.2, -0.15) is 0 Å². The first kappa shape index (κ1) is 21.7. The van der Waals surface area contributed by atoms with Gasteiger partial charge in [-0.3, -0.25) is 4.79 Å². The Kier molecular flexibility index (Phi) is 6.61. The summed E-state index contributed by atoms with van der Waals surface area (Å²) in [5.74, 6) is -1.76. The predicted molar refractivity (Wildman–Crippen MR) is 109 cm³/mol. The third kappa shape index (κ3) is 5.56. The van der Waals surface area contributed by atoms with Gasteiger partial charge in [-0.25, -0.2) is 17.5 Å². The van der Waals surface area contributed by atoms with Crippen molar-refractivity contribution >= 4 is 27.6 Å². The molecule has 0 radical (unpaired) electrons. The largest absolute Gasteiger partial charge is 0.481 e. The van der Waals surface area contributed by atoms with Gasteiger partial charge in [-0.15, -0.1) is 0 Å². The van der Waals surface area contributed by atoms with E-state index in [0.29, 0.717) is 6.42 Å². The molecule has 0 atom stereocenters. The molecule has 0 bridgehead atoms. The Bertz CT molecular complexity index is 986. The van der Waals surface area contributed by atoms with Crippen LogP contribution in [0.2, 0.25) is 5.02 Å². The molecule has 0 unspecified atom stereocenters. The minimum Gasteiger partial charge on any atom is -0.481 e. The summed E-state index contributed by atoms with van der Waals surface area (Å²) in [5.41, 5.74) is 1.50. The summed E-state index contributed by atoms with van der Waals surface area (Å²) in [5, 5.41) is 9.02. The number of aliphatic carboxylic acids is 1. The molecule has 1 saturated carbocycles. The number of benzene rings is 2. The number of nitrogens with one attached hydrogen (secondary N) is 1. The monoisotopic (exact) mass is 439 g/mol. The van der Waals surface area contributed by atoms with Crippen LogP contribution in [-0.2, 0) is 27.7 Å². The van der Waals surface area contributed by atoms with Crippen LogP contribution in [0.1, 0.15) is 36.8 Å². The number of carbonyl (C=O) groups is 1. The van der Waals surface area contributed by atoms with Crippen molar-refractivity contribution in [2.24, 2.45) is 5.41 Å². The standard InChI is InChI=1S/C21H23ClFNO4S/c22-17-7-8-19(18(23)12-17)29(27,28)24-14-21(9-1-2-10-21)13-16-5-3-15(4-6-16)11-20(25)26/h3-8,12,24H,1-2,9-11,13-14H2,(H,25,26). The van der Waals surface area contributed by atoms with Gasteiger partial charge in [0.15, 0.2) is 0 Å². The van der Waals surface area contributed by atoms with Gasteiger partial charge in [0.1, 0.15) is 10.7 Å². The van der Waals surface area contributed by atoms with Crippen molar-refractivity contribution in [3.05, 3.63) is 64.4 Å². The van der Waals surface area contributed by atoms with Gasteiger partial charge in [-0.1, -0.05) is 48.7 Å². The van der Waals surface area contributed by atoms with Crippen molar-refractivity contribution in [2.75, 3.05) is 6.54 Å². The average molecular weight is 440 g/mol. The van der Waals surface area contributed by atoms with Crippen LogP contribution >= 0.6 is 11.6 Å². The van der Waals surface area contributed by atoms with Crippen molar-refractivity contribution < 1.29 is 22.7 Å². The number of sulfonamides is 1. The molecule has 2 aromatic rings. The molecular formula is C21H23ClFNO4S. The zero-order valence-corrected chi connectivity index (χ0v) is 17.4. The summed E-state index contributed by atoms with van der Waals surface area (Å²) >= 11 is 5.71. The van der Waals surface area contributed by atoms with Gasteiger partial charge in [0.05, 0.1) is 6.42 Å². The smallest absolute Gasteiger partial charge is 0.307 e. The molecule has 1 aliphatic rings. The summed E-state index contributed by atoms with van der Waals surface area (Å²) in [6.45, 7) is 0.217. The summed E-state index contributed by atoms with van der Waals surface area (Å²) in [7, 11) is -3.99. The molecule has 0 aromatic heterocycles. The van der Waals surface area contributed by atoms with Gasteiger partial charge in [0, 0.05) is 11.6 Å². The molecule has 2 aromatic carbocycles. The molecule has 0 saturated heterocycles. The third-order valence-corrected chi connectivity index (χ3v) is 7.11. The van der Waals surface area contributed by atoms with Crippen LogP contribution in [-0.4, -0.2) is 26.0 Å². The van der Waals surface area contributed by atoms with Crippen LogP contribution in [0.4, 0.5) is 4.39 Å². The highest BCUT2D eigenvalue weighted by Gasteiger charge is 2.35. The number of carboxylic acid groups (broad SMARTS) is 1. The molecule has 0 aliphatic heterocycles.